The highest BCUT2D eigenvalue weighted by atomic mass is 32.1. The van der Waals surface area contributed by atoms with Gasteiger partial charge in [-0.3, -0.25) is 0 Å². The summed E-state index contributed by atoms with van der Waals surface area (Å²) in [5, 5.41) is 30.4. The number of benzene rings is 2. The third-order valence-corrected chi connectivity index (χ3v) is 7.35. The molecular formula is C25H26F2O4S. The fourth-order valence-electron chi connectivity index (χ4n) is 4.11. The van der Waals surface area contributed by atoms with Crippen molar-refractivity contribution in [1.29, 1.82) is 0 Å². The lowest BCUT2D eigenvalue weighted by molar-refractivity contribution is -0.207. The Morgan fingerprint density at radius 2 is 1.75 bits per heavy atom. The zero-order chi connectivity index (χ0) is 23.0. The summed E-state index contributed by atoms with van der Waals surface area (Å²) in [5.41, 5.74) is 2.63. The van der Waals surface area contributed by atoms with Crippen LogP contribution in [0.15, 0.2) is 54.6 Å². The van der Waals surface area contributed by atoms with E-state index in [1.54, 1.807) is 43.3 Å². The van der Waals surface area contributed by atoms with Crippen LogP contribution in [0.1, 0.15) is 40.8 Å². The SMILES string of the molecule is Cc1ccc([C@@H]2O[C@H](CO)[C@@H](O)[C@H](C)[C@H]2O)cc1C(F)c1ccc(-c2ccc(F)cc2)s1. The standard InChI is InChI=1S/C25H26F2O4S/c1-13-3-4-16(25-24(30)14(2)23(29)19(12-28)31-25)11-18(13)22(27)21-10-9-20(32-21)15-5-7-17(26)8-6-15/h3-11,14,19,22-25,28-30H,12H2,1-2H3/t14-,19+,22?,23-,24+,25-/m0/s1. The first kappa shape index (κ1) is 23.0. The molecule has 3 N–H and O–H groups in total. The molecule has 1 aromatic heterocycles. The van der Waals surface area contributed by atoms with Crippen LogP contribution in [-0.4, -0.2) is 40.2 Å². The van der Waals surface area contributed by atoms with Gasteiger partial charge in [0.2, 0.25) is 0 Å². The van der Waals surface area contributed by atoms with Gasteiger partial charge in [-0.25, -0.2) is 8.78 Å². The monoisotopic (exact) mass is 460 g/mol. The van der Waals surface area contributed by atoms with Crippen LogP contribution in [0.3, 0.4) is 0 Å². The van der Waals surface area contributed by atoms with Crippen molar-refractivity contribution < 1.29 is 28.8 Å². The minimum Gasteiger partial charge on any atom is -0.394 e. The molecule has 4 rings (SSSR count). The van der Waals surface area contributed by atoms with Crippen LogP contribution in [-0.2, 0) is 4.74 Å². The first-order valence-corrected chi connectivity index (χ1v) is 11.3. The number of aliphatic hydroxyl groups excluding tert-OH is 3. The number of rotatable bonds is 5. The number of ether oxygens (including phenoxy) is 1. The van der Waals surface area contributed by atoms with Gasteiger partial charge in [0.05, 0.1) is 18.8 Å². The lowest BCUT2D eigenvalue weighted by Gasteiger charge is -2.41. The van der Waals surface area contributed by atoms with E-state index in [2.05, 4.69) is 0 Å². The summed E-state index contributed by atoms with van der Waals surface area (Å²) < 4.78 is 34.6. The second-order valence-corrected chi connectivity index (χ2v) is 9.42. The Bertz CT molecular complexity index is 1070. The van der Waals surface area contributed by atoms with E-state index < -0.39 is 36.5 Å². The molecule has 170 valence electrons. The fraction of sp³-hybridized carbons (Fsp3) is 0.360. The topological polar surface area (TPSA) is 69.9 Å². The molecule has 7 heteroatoms. The summed E-state index contributed by atoms with van der Waals surface area (Å²) in [6.45, 7) is 3.14. The Morgan fingerprint density at radius 1 is 1.03 bits per heavy atom. The molecule has 0 amide bonds. The van der Waals surface area contributed by atoms with Gasteiger partial charge in [0, 0.05) is 15.7 Å². The lowest BCUT2D eigenvalue weighted by atomic mass is 9.84. The second-order valence-electron chi connectivity index (χ2n) is 8.31. The molecule has 0 spiro atoms. The third-order valence-electron chi connectivity index (χ3n) is 6.18. The first-order chi connectivity index (χ1) is 15.3. The minimum absolute atomic E-state index is 0.321. The van der Waals surface area contributed by atoms with Crippen LogP contribution < -0.4 is 0 Å². The van der Waals surface area contributed by atoms with Crippen LogP contribution in [0, 0.1) is 18.7 Å². The molecule has 1 unspecified atom stereocenters. The lowest BCUT2D eigenvalue weighted by Crippen LogP contribution is -2.50. The summed E-state index contributed by atoms with van der Waals surface area (Å²) in [5.74, 6) is -0.828. The van der Waals surface area contributed by atoms with Crippen molar-refractivity contribution in [2.24, 2.45) is 5.92 Å². The van der Waals surface area contributed by atoms with Gasteiger partial charge < -0.3 is 20.1 Å². The largest absolute Gasteiger partial charge is 0.394 e. The van der Waals surface area contributed by atoms with E-state index >= 15 is 4.39 Å². The molecule has 1 aliphatic heterocycles. The number of halogens is 2. The van der Waals surface area contributed by atoms with Gasteiger partial charge in [0.15, 0.2) is 6.17 Å². The van der Waals surface area contributed by atoms with Crippen molar-refractivity contribution in [1.82, 2.24) is 0 Å². The maximum atomic E-state index is 15.6. The highest BCUT2D eigenvalue weighted by Crippen LogP contribution is 2.40. The Morgan fingerprint density at radius 3 is 2.44 bits per heavy atom. The van der Waals surface area contributed by atoms with Crippen LogP contribution in [0.4, 0.5) is 8.78 Å². The van der Waals surface area contributed by atoms with Crippen LogP contribution in [0.2, 0.25) is 0 Å². The fourth-order valence-corrected chi connectivity index (χ4v) is 5.12. The van der Waals surface area contributed by atoms with E-state index in [0.29, 0.717) is 16.0 Å². The van der Waals surface area contributed by atoms with Crippen LogP contribution >= 0.6 is 11.3 Å². The smallest absolute Gasteiger partial charge is 0.160 e. The molecule has 1 fully saturated rings. The highest BCUT2D eigenvalue weighted by molar-refractivity contribution is 7.15. The molecular weight excluding hydrogens is 434 g/mol. The van der Waals surface area contributed by atoms with E-state index in [4.69, 9.17) is 4.74 Å². The average molecular weight is 461 g/mol. The predicted molar refractivity (Wildman–Crippen MR) is 120 cm³/mol. The Balaban J connectivity index is 1.62. The summed E-state index contributed by atoms with van der Waals surface area (Å²) in [6.07, 6.45) is -4.96. The van der Waals surface area contributed by atoms with E-state index in [0.717, 1.165) is 16.0 Å². The maximum absolute atomic E-state index is 15.6. The number of hydrogen-bond acceptors (Lipinski definition) is 5. The second kappa shape index (κ2) is 9.37. The predicted octanol–water partition coefficient (Wildman–Crippen LogP) is 4.71. The Labute approximate surface area is 189 Å². The number of alkyl halides is 1. The van der Waals surface area contributed by atoms with Crippen molar-refractivity contribution in [2.75, 3.05) is 6.61 Å². The maximum Gasteiger partial charge on any atom is 0.160 e. The van der Waals surface area contributed by atoms with Crippen molar-refractivity contribution in [3.05, 3.63) is 82.0 Å². The molecule has 0 saturated carbocycles. The quantitative estimate of drug-likeness (QED) is 0.516. The average Bonchev–Trinajstić information content (AvgIpc) is 3.29. The number of aliphatic hydroxyl groups is 3. The highest BCUT2D eigenvalue weighted by Gasteiger charge is 2.42. The molecule has 0 bridgehead atoms. The van der Waals surface area contributed by atoms with Gasteiger partial charge in [-0.2, -0.15) is 0 Å². The van der Waals surface area contributed by atoms with Crippen molar-refractivity contribution in [3.8, 4) is 10.4 Å². The molecule has 2 aromatic carbocycles. The molecule has 1 saturated heterocycles. The van der Waals surface area contributed by atoms with Crippen molar-refractivity contribution in [3.63, 3.8) is 0 Å². The third kappa shape index (κ3) is 4.36. The molecule has 4 nitrogen and oxygen atoms in total. The van der Waals surface area contributed by atoms with Gasteiger partial charge >= 0.3 is 0 Å². The molecule has 1 aliphatic rings. The van der Waals surface area contributed by atoms with Gasteiger partial charge in [-0.15, -0.1) is 11.3 Å². The summed E-state index contributed by atoms with van der Waals surface area (Å²) >= 11 is 1.31. The summed E-state index contributed by atoms with van der Waals surface area (Å²) in [6, 6.07) is 14.9. The van der Waals surface area contributed by atoms with Gasteiger partial charge in [-0.1, -0.05) is 31.2 Å². The van der Waals surface area contributed by atoms with E-state index in [1.807, 2.05) is 13.0 Å². The molecule has 2 heterocycles. The summed E-state index contributed by atoms with van der Waals surface area (Å²) in [4.78, 5) is 1.36. The Kier molecular flexibility index (Phi) is 6.74. The van der Waals surface area contributed by atoms with E-state index in [-0.39, 0.29) is 12.4 Å². The van der Waals surface area contributed by atoms with Crippen LogP contribution in [0.25, 0.3) is 10.4 Å². The molecule has 32 heavy (non-hydrogen) atoms. The van der Waals surface area contributed by atoms with Crippen molar-refractivity contribution >= 4 is 11.3 Å². The van der Waals surface area contributed by atoms with Gasteiger partial charge in [-0.05, 0) is 59.5 Å². The molecule has 0 aliphatic carbocycles. The van der Waals surface area contributed by atoms with Crippen LogP contribution in [0.5, 0.6) is 0 Å². The zero-order valence-corrected chi connectivity index (χ0v) is 18.6. The summed E-state index contributed by atoms with van der Waals surface area (Å²) in [7, 11) is 0. The minimum atomic E-state index is -1.38. The first-order valence-electron chi connectivity index (χ1n) is 10.5. The molecule has 3 aromatic rings. The van der Waals surface area contributed by atoms with Gasteiger partial charge in [0.1, 0.15) is 18.0 Å². The van der Waals surface area contributed by atoms with E-state index in [9.17, 15) is 19.7 Å². The number of hydrogen-bond donors (Lipinski definition) is 3. The van der Waals surface area contributed by atoms with Gasteiger partial charge in [0.25, 0.3) is 0 Å². The molecule has 6 atom stereocenters. The van der Waals surface area contributed by atoms with Crippen molar-refractivity contribution in [2.45, 2.75) is 44.4 Å². The van der Waals surface area contributed by atoms with E-state index in [1.165, 1.54) is 23.5 Å². The zero-order valence-electron chi connectivity index (χ0n) is 17.8. The Hall–Kier alpha value is -2.16. The number of thiophene rings is 1. The molecule has 0 radical (unpaired) electrons. The normalized spacial score (nSPS) is 26.8. The number of aryl methyl sites for hydroxylation is 1.